The quantitative estimate of drug-likeness (QED) is 0.617. The Kier molecular flexibility index (Phi) is 5.74. The second kappa shape index (κ2) is 8.40. The number of nitrogens with two attached hydrogens (primary N) is 2. The van der Waals surface area contributed by atoms with Crippen molar-refractivity contribution in [2.24, 2.45) is 16.5 Å². The van der Waals surface area contributed by atoms with Gasteiger partial charge in [-0.25, -0.2) is 0 Å². The predicted molar refractivity (Wildman–Crippen MR) is 111 cm³/mol. The highest BCUT2D eigenvalue weighted by atomic mass is 16.2. The van der Waals surface area contributed by atoms with Gasteiger partial charge in [0.05, 0.1) is 17.2 Å². The van der Waals surface area contributed by atoms with Crippen molar-refractivity contribution in [1.29, 1.82) is 5.26 Å². The first-order valence-corrected chi connectivity index (χ1v) is 9.13. The molecule has 0 fully saturated rings. The Labute approximate surface area is 168 Å². The van der Waals surface area contributed by atoms with Crippen LogP contribution in [0.2, 0.25) is 0 Å². The van der Waals surface area contributed by atoms with Crippen LogP contribution in [0.4, 0.5) is 0 Å². The van der Waals surface area contributed by atoms with Gasteiger partial charge in [-0.1, -0.05) is 24.3 Å². The van der Waals surface area contributed by atoms with E-state index in [9.17, 15) is 14.9 Å². The molecule has 146 valence electrons. The first kappa shape index (κ1) is 19.8. The van der Waals surface area contributed by atoms with Gasteiger partial charge in [0.2, 0.25) is 0 Å². The lowest BCUT2D eigenvalue weighted by Gasteiger charge is -2.27. The summed E-state index contributed by atoms with van der Waals surface area (Å²) in [5, 5.41) is 9.22. The fourth-order valence-corrected chi connectivity index (χ4v) is 3.37. The molecule has 0 unspecified atom stereocenters. The molecule has 0 radical (unpaired) electrons. The summed E-state index contributed by atoms with van der Waals surface area (Å²) < 4.78 is 0. The Hall–Kier alpha value is -3.92. The number of rotatable bonds is 3. The van der Waals surface area contributed by atoms with Crippen LogP contribution in [0.1, 0.15) is 43.8 Å². The number of guanidine groups is 1. The lowest BCUT2D eigenvalue weighted by Crippen LogP contribution is -2.35. The average Bonchev–Trinajstić information content (AvgIpc) is 2.72. The Morgan fingerprint density at radius 3 is 2.55 bits per heavy atom. The van der Waals surface area contributed by atoms with Crippen LogP contribution in [0.3, 0.4) is 0 Å². The van der Waals surface area contributed by atoms with Gasteiger partial charge in [0.15, 0.2) is 5.96 Å². The van der Waals surface area contributed by atoms with Crippen molar-refractivity contribution in [2.45, 2.75) is 13.3 Å². The van der Waals surface area contributed by atoms with Crippen molar-refractivity contribution in [1.82, 2.24) is 4.90 Å². The van der Waals surface area contributed by atoms with E-state index >= 15 is 0 Å². The molecule has 0 saturated heterocycles. The van der Waals surface area contributed by atoms with E-state index in [-0.39, 0.29) is 11.9 Å². The number of amides is 2. The standard InChI is InChI=1S/C22H21N5O2/c1-14-12-16(20(28)26-22(24)25)6-7-18(14)15-8-10-27(11-9-15)21(29)19-5-3-2-4-17(19)13-23/h2-8,12H,9-11H2,1H3,(H4,24,25,26,28). The summed E-state index contributed by atoms with van der Waals surface area (Å²) in [5.41, 5.74) is 14.8. The molecule has 0 spiro atoms. The Morgan fingerprint density at radius 2 is 1.93 bits per heavy atom. The molecule has 0 atom stereocenters. The zero-order valence-corrected chi connectivity index (χ0v) is 16.1. The van der Waals surface area contributed by atoms with E-state index in [2.05, 4.69) is 11.1 Å². The third kappa shape index (κ3) is 4.33. The fourth-order valence-electron chi connectivity index (χ4n) is 3.37. The minimum absolute atomic E-state index is 0.146. The van der Waals surface area contributed by atoms with Crippen molar-refractivity contribution in [3.8, 4) is 6.07 Å². The van der Waals surface area contributed by atoms with Gasteiger partial charge in [-0.05, 0) is 54.3 Å². The minimum Gasteiger partial charge on any atom is -0.370 e. The van der Waals surface area contributed by atoms with Crippen LogP contribution in [0.25, 0.3) is 5.57 Å². The molecule has 1 aliphatic rings. The van der Waals surface area contributed by atoms with Crippen molar-refractivity contribution in [3.05, 3.63) is 76.4 Å². The molecule has 0 aromatic heterocycles. The van der Waals surface area contributed by atoms with Crippen LogP contribution in [0.15, 0.2) is 53.5 Å². The van der Waals surface area contributed by atoms with Crippen LogP contribution in [-0.4, -0.2) is 35.8 Å². The monoisotopic (exact) mass is 387 g/mol. The largest absolute Gasteiger partial charge is 0.370 e. The minimum atomic E-state index is -0.481. The summed E-state index contributed by atoms with van der Waals surface area (Å²) in [4.78, 5) is 30.0. The van der Waals surface area contributed by atoms with Crippen molar-refractivity contribution in [2.75, 3.05) is 13.1 Å². The van der Waals surface area contributed by atoms with Crippen LogP contribution < -0.4 is 11.5 Å². The Morgan fingerprint density at radius 1 is 1.17 bits per heavy atom. The van der Waals surface area contributed by atoms with Crippen molar-refractivity contribution < 1.29 is 9.59 Å². The number of aryl methyl sites for hydroxylation is 1. The van der Waals surface area contributed by atoms with E-state index in [0.29, 0.717) is 36.2 Å². The summed E-state index contributed by atoms with van der Waals surface area (Å²) in [7, 11) is 0. The number of nitriles is 1. The number of hydrogen-bond donors (Lipinski definition) is 2. The first-order chi connectivity index (χ1) is 13.9. The number of benzene rings is 2. The number of carbonyl (C=O) groups is 2. The fraction of sp³-hybridized carbons (Fsp3) is 0.182. The molecule has 7 nitrogen and oxygen atoms in total. The molecule has 0 bridgehead atoms. The molecule has 0 aliphatic carbocycles. The van der Waals surface area contributed by atoms with Gasteiger partial charge in [-0.15, -0.1) is 0 Å². The normalized spacial score (nSPS) is 13.2. The lowest BCUT2D eigenvalue weighted by atomic mass is 9.93. The maximum absolute atomic E-state index is 12.8. The average molecular weight is 387 g/mol. The molecule has 2 amide bonds. The highest BCUT2D eigenvalue weighted by Gasteiger charge is 2.22. The number of carbonyl (C=O) groups excluding carboxylic acids is 2. The summed E-state index contributed by atoms with van der Waals surface area (Å²) >= 11 is 0. The summed E-state index contributed by atoms with van der Waals surface area (Å²) in [6, 6.07) is 14.2. The van der Waals surface area contributed by atoms with Crippen LogP contribution >= 0.6 is 0 Å². The molecule has 7 heteroatoms. The van der Waals surface area contributed by atoms with E-state index in [1.807, 2.05) is 19.1 Å². The zero-order valence-electron chi connectivity index (χ0n) is 16.1. The number of nitrogens with zero attached hydrogens (tertiary/aromatic N) is 3. The van der Waals surface area contributed by atoms with E-state index in [4.69, 9.17) is 11.5 Å². The summed E-state index contributed by atoms with van der Waals surface area (Å²) in [6.07, 6.45) is 2.69. The molecule has 3 rings (SSSR count). The summed E-state index contributed by atoms with van der Waals surface area (Å²) in [6.45, 7) is 2.93. The van der Waals surface area contributed by atoms with E-state index in [1.54, 1.807) is 41.3 Å². The third-order valence-corrected chi connectivity index (χ3v) is 4.82. The molecular formula is C22H21N5O2. The zero-order chi connectivity index (χ0) is 21.0. The predicted octanol–water partition coefficient (Wildman–Crippen LogP) is 2.21. The lowest BCUT2D eigenvalue weighted by molar-refractivity contribution is 0.0772. The van der Waals surface area contributed by atoms with Gasteiger partial charge in [0.25, 0.3) is 11.8 Å². The molecule has 4 N–H and O–H groups in total. The molecule has 2 aromatic rings. The molecule has 1 heterocycles. The first-order valence-electron chi connectivity index (χ1n) is 9.13. The highest BCUT2D eigenvalue weighted by Crippen LogP contribution is 2.27. The SMILES string of the molecule is Cc1cc(C(=O)N=C(N)N)ccc1C1=CCN(C(=O)c2ccccc2C#N)CC1. The maximum Gasteiger partial charge on any atom is 0.280 e. The highest BCUT2D eigenvalue weighted by molar-refractivity contribution is 6.02. The second-order valence-electron chi connectivity index (χ2n) is 6.76. The van der Waals surface area contributed by atoms with E-state index in [0.717, 1.165) is 16.7 Å². The van der Waals surface area contributed by atoms with Gasteiger partial charge in [0, 0.05) is 18.7 Å². The number of aliphatic imine (C=N–C) groups is 1. The van der Waals surface area contributed by atoms with E-state index < -0.39 is 5.91 Å². The van der Waals surface area contributed by atoms with Crippen LogP contribution in [0.5, 0.6) is 0 Å². The topological polar surface area (TPSA) is 126 Å². The summed E-state index contributed by atoms with van der Waals surface area (Å²) in [5.74, 6) is -0.896. The molecule has 0 saturated carbocycles. The van der Waals surface area contributed by atoms with Crippen LogP contribution in [-0.2, 0) is 0 Å². The van der Waals surface area contributed by atoms with E-state index in [1.165, 1.54) is 0 Å². The Balaban J connectivity index is 1.77. The van der Waals surface area contributed by atoms with Gasteiger partial charge >= 0.3 is 0 Å². The molecular weight excluding hydrogens is 366 g/mol. The van der Waals surface area contributed by atoms with Gasteiger partial charge in [-0.2, -0.15) is 10.3 Å². The maximum atomic E-state index is 12.8. The van der Waals surface area contributed by atoms with Gasteiger partial charge in [0.1, 0.15) is 0 Å². The molecule has 2 aromatic carbocycles. The number of hydrogen-bond acceptors (Lipinski definition) is 3. The van der Waals surface area contributed by atoms with Crippen molar-refractivity contribution >= 4 is 23.3 Å². The molecule has 1 aliphatic heterocycles. The molecule has 29 heavy (non-hydrogen) atoms. The van der Waals surface area contributed by atoms with Crippen LogP contribution in [0, 0.1) is 18.3 Å². The smallest absolute Gasteiger partial charge is 0.280 e. The second-order valence-corrected chi connectivity index (χ2v) is 6.76. The van der Waals surface area contributed by atoms with Gasteiger partial charge in [-0.3, -0.25) is 9.59 Å². The Bertz CT molecular complexity index is 1070. The van der Waals surface area contributed by atoms with Gasteiger partial charge < -0.3 is 16.4 Å². The third-order valence-electron chi connectivity index (χ3n) is 4.82. The van der Waals surface area contributed by atoms with Crippen molar-refractivity contribution in [3.63, 3.8) is 0 Å².